The second-order valence-corrected chi connectivity index (χ2v) is 4.05. The molecule has 0 saturated heterocycles. The number of carbonyl (C=O) groups excluding carboxylic acids is 1. The minimum atomic E-state index is -4.49. The fourth-order valence-electron chi connectivity index (χ4n) is 1.04. The molecule has 0 saturated carbocycles. The highest BCUT2D eigenvalue weighted by Crippen LogP contribution is 2.29. The highest BCUT2D eigenvalue weighted by molar-refractivity contribution is 9.10. The Labute approximate surface area is 93.4 Å². The number of ketones is 1. The smallest absolute Gasteiger partial charge is 0.294 e. The molecule has 82 valence electrons. The van der Waals surface area contributed by atoms with Gasteiger partial charge in [0, 0.05) is 10.0 Å². The van der Waals surface area contributed by atoms with Crippen LogP contribution in [0.25, 0.3) is 0 Å². The maximum atomic E-state index is 12.3. The quantitative estimate of drug-likeness (QED) is 0.753. The largest absolute Gasteiger partial charge is 0.398 e. The summed E-state index contributed by atoms with van der Waals surface area (Å²) in [7, 11) is 0. The average molecular weight is 281 g/mol. The van der Waals surface area contributed by atoms with Crippen LogP contribution in [0.4, 0.5) is 13.2 Å². The van der Waals surface area contributed by atoms with Crippen molar-refractivity contribution >= 4 is 21.7 Å². The molecule has 15 heavy (non-hydrogen) atoms. The first-order valence-electron chi connectivity index (χ1n) is 4.19. The highest BCUT2D eigenvalue weighted by Gasteiger charge is 2.41. The molecular weight excluding hydrogens is 273 g/mol. The number of benzene rings is 1. The van der Waals surface area contributed by atoms with Gasteiger partial charge in [-0.1, -0.05) is 28.1 Å². The summed E-state index contributed by atoms with van der Waals surface area (Å²) in [5.74, 6) is -2.88. The zero-order chi connectivity index (χ0) is 11.6. The van der Waals surface area contributed by atoms with Gasteiger partial charge < -0.3 is 0 Å². The first kappa shape index (κ1) is 12.2. The van der Waals surface area contributed by atoms with E-state index in [0.29, 0.717) is 4.47 Å². The Morgan fingerprint density at radius 1 is 1.40 bits per heavy atom. The summed E-state index contributed by atoms with van der Waals surface area (Å²) in [5.41, 5.74) is 0.0641. The molecule has 1 nitrogen and oxygen atoms in total. The maximum absolute atomic E-state index is 12.3. The summed E-state index contributed by atoms with van der Waals surface area (Å²) in [4.78, 5) is 11.4. The third-order valence-electron chi connectivity index (χ3n) is 1.99. The van der Waals surface area contributed by atoms with Crippen LogP contribution in [0.2, 0.25) is 0 Å². The molecular formula is C10H8BrF3O. The molecule has 0 fully saturated rings. The lowest BCUT2D eigenvalue weighted by atomic mass is 9.99. The van der Waals surface area contributed by atoms with E-state index in [1.165, 1.54) is 18.2 Å². The maximum Gasteiger partial charge on any atom is 0.398 e. The van der Waals surface area contributed by atoms with E-state index in [4.69, 9.17) is 0 Å². The van der Waals surface area contributed by atoms with Gasteiger partial charge in [0.1, 0.15) is 5.92 Å². The van der Waals surface area contributed by atoms with Gasteiger partial charge in [0.25, 0.3) is 0 Å². The van der Waals surface area contributed by atoms with E-state index in [1.807, 2.05) is 0 Å². The molecule has 1 rings (SSSR count). The molecule has 5 heteroatoms. The summed E-state index contributed by atoms with van der Waals surface area (Å²) in [6, 6.07) is 5.93. The van der Waals surface area contributed by atoms with Gasteiger partial charge in [-0.25, -0.2) is 0 Å². The zero-order valence-electron chi connectivity index (χ0n) is 7.81. The zero-order valence-corrected chi connectivity index (χ0v) is 9.39. The molecule has 0 radical (unpaired) electrons. The van der Waals surface area contributed by atoms with E-state index in [9.17, 15) is 18.0 Å². The molecule has 0 aliphatic rings. The standard InChI is InChI=1S/C10H8BrF3O/c1-6(10(12,13)14)9(15)7-3-2-4-8(11)5-7/h2-6H,1H3. The molecule has 0 N–H and O–H groups in total. The monoisotopic (exact) mass is 280 g/mol. The van der Waals surface area contributed by atoms with E-state index >= 15 is 0 Å². The predicted molar refractivity (Wildman–Crippen MR) is 53.7 cm³/mol. The number of hydrogen-bond acceptors (Lipinski definition) is 1. The van der Waals surface area contributed by atoms with Gasteiger partial charge in [0.2, 0.25) is 0 Å². The van der Waals surface area contributed by atoms with Crippen molar-refractivity contribution in [3.8, 4) is 0 Å². The first-order valence-corrected chi connectivity index (χ1v) is 4.98. The molecule has 0 aliphatic carbocycles. The van der Waals surface area contributed by atoms with Gasteiger partial charge in [-0.2, -0.15) is 13.2 Å². The summed E-state index contributed by atoms with van der Waals surface area (Å²) in [5, 5.41) is 0. The van der Waals surface area contributed by atoms with Gasteiger partial charge in [-0.05, 0) is 19.1 Å². The van der Waals surface area contributed by atoms with Crippen LogP contribution < -0.4 is 0 Å². The van der Waals surface area contributed by atoms with Crippen molar-refractivity contribution in [1.29, 1.82) is 0 Å². The molecule has 0 bridgehead atoms. The van der Waals surface area contributed by atoms with Crippen LogP contribution in [0.5, 0.6) is 0 Å². The van der Waals surface area contributed by atoms with Crippen LogP contribution in [-0.2, 0) is 0 Å². The topological polar surface area (TPSA) is 17.1 Å². The fourth-order valence-corrected chi connectivity index (χ4v) is 1.44. The van der Waals surface area contributed by atoms with E-state index in [2.05, 4.69) is 15.9 Å². The van der Waals surface area contributed by atoms with Crippen molar-refractivity contribution in [3.05, 3.63) is 34.3 Å². The molecule has 0 spiro atoms. The lowest BCUT2D eigenvalue weighted by Gasteiger charge is -2.14. The van der Waals surface area contributed by atoms with Crippen LogP contribution in [0.1, 0.15) is 17.3 Å². The van der Waals surface area contributed by atoms with Crippen molar-refractivity contribution in [2.45, 2.75) is 13.1 Å². The molecule has 1 atom stereocenters. The van der Waals surface area contributed by atoms with E-state index in [-0.39, 0.29) is 5.56 Å². The number of carbonyl (C=O) groups is 1. The van der Waals surface area contributed by atoms with Gasteiger partial charge in [0.15, 0.2) is 5.78 Å². The van der Waals surface area contributed by atoms with Crippen LogP contribution in [0.15, 0.2) is 28.7 Å². The Bertz CT molecular complexity index is 373. The second kappa shape index (κ2) is 4.35. The lowest BCUT2D eigenvalue weighted by Crippen LogP contribution is -2.27. The van der Waals surface area contributed by atoms with Crippen molar-refractivity contribution in [2.24, 2.45) is 5.92 Å². The third-order valence-corrected chi connectivity index (χ3v) is 2.49. The average Bonchev–Trinajstić information content (AvgIpc) is 2.14. The van der Waals surface area contributed by atoms with Crippen molar-refractivity contribution in [2.75, 3.05) is 0 Å². The number of Topliss-reactive ketones (excluding diaryl/α,β-unsaturated/α-hetero) is 1. The van der Waals surface area contributed by atoms with Crippen LogP contribution in [0.3, 0.4) is 0 Å². The Balaban J connectivity index is 2.95. The Morgan fingerprint density at radius 3 is 2.47 bits per heavy atom. The van der Waals surface area contributed by atoms with Gasteiger partial charge in [-0.3, -0.25) is 4.79 Å². The van der Waals surface area contributed by atoms with Crippen LogP contribution >= 0.6 is 15.9 Å². The summed E-state index contributed by atoms with van der Waals surface area (Å²) >= 11 is 3.10. The minimum absolute atomic E-state index is 0.0641. The summed E-state index contributed by atoms with van der Waals surface area (Å²) in [6.45, 7) is 0.864. The van der Waals surface area contributed by atoms with Crippen molar-refractivity contribution < 1.29 is 18.0 Å². The number of halogens is 4. The SMILES string of the molecule is CC(C(=O)c1cccc(Br)c1)C(F)(F)F. The number of rotatable bonds is 2. The first-order chi connectivity index (χ1) is 6.82. The molecule has 1 aromatic rings. The Kier molecular flexibility index (Phi) is 3.54. The molecule has 0 amide bonds. The van der Waals surface area contributed by atoms with Gasteiger partial charge in [-0.15, -0.1) is 0 Å². The molecule has 0 heterocycles. The van der Waals surface area contributed by atoms with Crippen LogP contribution in [0, 0.1) is 5.92 Å². The predicted octanol–water partition coefficient (Wildman–Crippen LogP) is 3.83. The normalized spacial score (nSPS) is 13.7. The van der Waals surface area contributed by atoms with E-state index < -0.39 is 17.9 Å². The Hall–Kier alpha value is -0.840. The summed E-state index contributed by atoms with van der Waals surface area (Å²) < 4.78 is 37.3. The number of hydrogen-bond donors (Lipinski definition) is 0. The van der Waals surface area contributed by atoms with Gasteiger partial charge >= 0.3 is 6.18 Å². The summed E-state index contributed by atoms with van der Waals surface area (Å²) in [6.07, 6.45) is -4.49. The van der Waals surface area contributed by atoms with E-state index in [0.717, 1.165) is 6.92 Å². The lowest BCUT2D eigenvalue weighted by molar-refractivity contribution is -0.155. The second-order valence-electron chi connectivity index (χ2n) is 3.14. The van der Waals surface area contributed by atoms with E-state index in [1.54, 1.807) is 6.07 Å². The molecule has 0 aliphatic heterocycles. The molecule has 1 unspecified atom stereocenters. The molecule has 0 aromatic heterocycles. The van der Waals surface area contributed by atoms with Crippen molar-refractivity contribution in [3.63, 3.8) is 0 Å². The highest BCUT2D eigenvalue weighted by atomic mass is 79.9. The van der Waals surface area contributed by atoms with Crippen LogP contribution in [-0.4, -0.2) is 12.0 Å². The minimum Gasteiger partial charge on any atom is -0.294 e. The third kappa shape index (κ3) is 3.06. The Morgan fingerprint density at radius 2 is 2.00 bits per heavy atom. The molecule has 1 aromatic carbocycles. The fraction of sp³-hybridized carbons (Fsp3) is 0.300. The van der Waals surface area contributed by atoms with Gasteiger partial charge in [0.05, 0.1) is 0 Å². The van der Waals surface area contributed by atoms with Crippen molar-refractivity contribution in [1.82, 2.24) is 0 Å². The number of alkyl halides is 3.